The van der Waals surface area contributed by atoms with E-state index in [4.69, 9.17) is 33.2 Å². The number of carbonyl (C=O) groups excluding carboxylic acids is 7. The molecule has 1 aliphatic heterocycles. The lowest BCUT2D eigenvalue weighted by Gasteiger charge is -2.45. The van der Waals surface area contributed by atoms with Crippen molar-refractivity contribution in [2.24, 2.45) is 23.2 Å². The summed E-state index contributed by atoms with van der Waals surface area (Å²) >= 11 is 0. The van der Waals surface area contributed by atoms with Crippen molar-refractivity contribution in [3.05, 3.63) is 83.9 Å². The van der Waals surface area contributed by atoms with E-state index in [1.165, 1.54) is 24.3 Å². The number of ketones is 1. The monoisotopic (exact) mass is 776 g/mol. The van der Waals surface area contributed by atoms with Crippen molar-refractivity contribution < 1.29 is 66.7 Å². The van der Waals surface area contributed by atoms with Crippen LogP contribution in [0.25, 0.3) is 0 Å². The highest BCUT2D eigenvalue weighted by Crippen LogP contribution is 2.54. The smallest absolute Gasteiger partial charge is 0.338 e. The van der Waals surface area contributed by atoms with Crippen LogP contribution in [0.5, 0.6) is 0 Å². The van der Waals surface area contributed by atoms with Crippen LogP contribution in [0.3, 0.4) is 0 Å². The second kappa shape index (κ2) is 16.4. The molecule has 56 heavy (non-hydrogen) atoms. The molecule has 0 aromatic heterocycles. The van der Waals surface area contributed by atoms with Gasteiger partial charge in [-0.3, -0.25) is 24.0 Å². The largest absolute Gasteiger partial charge is 0.462 e. The number of rotatable bonds is 8. The molecule has 0 bridgehead atoms. The Labute approximate surface area is 325 Å². The molecule has 0 spiro atoms. The van der Waals surface area contributed by atoms with E-state index < -0.39 is 113 Å². The summed E-state index contributed by atoms with van der Waals surface area (Å²) in [6.45, 7) is 15.3. The Morgan fingerprint density at radius 1 is 0.679 bits per heavy atom. The fourth-order valence-corrected chi connectivity index (χ4v) is 8.33. The molecular formula is C42H48O14. The Kier molecular flexibility index (Phi) is 12.2. The van der Waals surface area contributed by atoms with Crippen molar-refractivity contribution in [1.29, 1.82) is 0 Å². The van der Waals surface area contributed by atoms with E-state index in [9.17, 15) is 28.8 Å². The average Bonchev–Trinajstić information content (AvgIpc) is 3.91. The van der Waals surface area contributed by atoms with Crippen molar-refractivity contribution in [2.75, 3.05) is 0 Å². The molecule has 0 amide bonds. The Morgan fingerprint density at radius 3 is 1.68 bits per heavy atom. The molecule has 14 heteroatoms. The van der Waals surface area contributed by atoms with Gasteiger partial charge in [-0.1, -0.05) is 70.7 Å². The van der Waals surface area contributed by atoms with Crippen molar-refractivity contribution in [3.8, 4) is 0 Å². The fraction of sp³-hybridized carbons (Fsp3) is 0.500. The predicted octanol–water partition coefficient (Wildman–Crippen LogP) is 4.76. The molecule has 300 valence electrons. The van der Waals surface area contributed by atoms with Gasteiger partial charge in [0.2, 0.25) is 0 Å². The number of hydrogen-bond donors (Lipinski definition) is 0. The Hall–Kier alpha value is -5.37. The van der Waals surface area contributed by atoms with Gasteiger partial charge in [-0.25, -0.2) is 9.59 Å². The fourth-order valence-electron chi connectivity index (χ4n) is 8.33. The van der Waals surface area contributed by atoms with Gasteiger partial charge < -0.3 is 33.2 Å². The number of esters is 6. The molecule has 0 unspecified atom stereocenters. The number of carbonyl (C=O) groups is 7. The first-order valence-electron chi connectivity index (χ1n) is 18.4. The highest BCUT2D eigenvalue weighted by molar-refractivity contribution is 5.93. The lowest BCUT2D eigenvalue weighted by molar-refractivity contribution is -0.188. The molecule has 1 saturated heterocycles. The third-order valence-electron chi connectivity index (χ3n) is 10.8. The third kappa shape index (κ3) is 8.40. The van der Waals surface area contributed by atoms with Crippen LogP contribution < -0.4 is 0 Å². The summed E-state index contributed by atoms with van der Waals surface area (Å²) in [5.74, 6) is -8.85. The highest BCUT2D eigenvalue weighted by atomic mass is 16.6. The molecule has 2 saturated carbocycles. The molecule has 0 radical (unpaired) electrons. The van der Waals surface area contributed by atoms with Gasteiger partial charge in [-0.2, -0.15) is 0 Å². The van der Waals surface area contributed by atoms with E-state index in [0.717, 1.165) is 27.7 Å². The van der Waals surface area contributed by atoms with Gasteiger partial charge in [0.1, 0.15) is 12.2 Å². The van der Waals surface area contributed by atoms with Crippen molar-refractivity contribution in [1.82, 2.24) is 0 Å². The molecule has 2 aromatic carbocycles. The lowest BCUT2D eigenvalue weighted by Crippen LogP contribution is -2.60. The Bertz CT molecular complexity index is 1870. The molecule has 3 fully saturated rings. The summed E-state index contributed by atoms with van der Waals surface area (Å²) in [6, 6.07) is 15.9. The predicted molar refractivity (Wildman–Crippen MR) is 195 cm³/mol. The van der Waals surface area contributed by atoms with Crippen molar-refractivity contribution in [2.45, 2.75) is 110 Å². The maximum Gasteiger partial charge on any atom is 0.338 e. The summed E-state index contributed by atoms with van der Waals surface area (Å²) in [5.41, 5.74) is -3.42. The maximum atomic E-state index is 15.0. The molecular weight excluding hydrogens is 728 g/mol. The van der Waals surface area contributed by atoms with E-state index in [-0.39, 0.29) is 23.1 Å². The normalized spacial score (nSPS) is 32.1. The van der Waals surface area contributed by atoms with Crippen molar-refractivity contribution >= 4 is 41.6 Å². The van der Waals surface area contributed by atoms with Crippen LogP contribution in [0.4, 0.5) is 0 Å². The zero-order valence-electron chi connectivity index (χ0n) is 32.7. The van der Waals surface area contributed by atoms with Gasteiger partial charge in [0.25, 0.3) is 0 Å². The number of hydrogen-bond acceptors (Lipinski definition) is 14. The molecule has 2 aliphatic carbocycles. The first-order chi connectivity index (χ1) is 26.3. The van der Waals surface area contributed by atoms with Crippen LogP contribution in [0, 0.1) is 23.2 Å². The number of epoxide rings is 1. The first kappa shape index (κ1) is 41.8. The van der Waals surface area contributed by atoms with E-state index in [1.54, 1.807) is 64.1 Å². The van der Waals surface area contributed by atoms with Gasteiger partial charge in [0.05, 0.1) is 29.3 Å². The zero-order valence-corrected chi connectivity index (χ0v) is 32.7. The molecule has 5 rings (SSSR count). The highest BCUT2D eigenvalue weighted by Gasteiger charge is 2.69. The SMILES string of the molecule is C=C1[C@H](OC(C)=O)[C@@H](OC(=O)c2ccccc2)[C@@H](OC(=O)c2ccccc2)C(C)(C)[C@H]2O[C@@H]2[C@@H](C)C(=O)[C@@]2(OC(C)=O)C[C@H](C)[C@H](OC(C)=O)[C@@H]2[C@H]1OC(C)=O. The number of ether oxygens (including phenoxy) is 7. The van der Waals surface area contributed by atoms with Crippen LogP contribution in [0.1, 0.15) is 82.5 Å². The van der Waals surface area contributed by atoms with Crippen LogP contribution >= 0.6 is 0 Å². The topological polar surface area (TPSA) is 187 Å². The molecule has 2 aromatic rings. The quantitative estimate of drug-likeness (QED) is 0.155. The molecule has 1 heterocycles. The number of benzene rings is 2. The summed E-state index contributed by atoms with van der Waals surface area (Å²) in [4.78, 5) is 94.8. The third-order valence-corrected chi connectivity index (χ3v) is 10.8. The molecule has 14 nitrogen and oxygen atoms in total. The van der Waals surface area contributed by atoms with Crippen LogP contribution in [-0.4, -0.2) is 89.9 Å². The standard InChI is InChI=1S/C42H48O14/c1-21-20-42(56-27(7)46)30(31(21)50-24(4)43)32(51-25(5)44)22(2)33(52-26(6)45)35(54-39(48)28-16-12-10-13-17-28)38(55-40(49)29-18-14-11-15-19-29)41(8,9)37-34(53-37)23(3)36(42)47/h10-19,21,23,30-35,37-38H,2,20H2,1,3-9H3/t21-,23+,30+,31-,32-,33-,34+,35+,37-,38+,42+/m0/s1. The van der Waals surface area contributed by atoms with Gasteiger partial charge in [0.15, 0.2) is 29.7 Å². The minimum atomic E-state index is -2.09. The Balaban J connectivity index is 1.82. The summed E-state index contributed by atoms with van der Waals surface area (Å²) in [5, 5.41) is 0. The van der Waals surface area contributed by atoms with Crippen molar-refractivity contribution in [3.63, 3.8) is 0 Å². The van der Waals surface area contributed by atoms with Crippen LogP contribution in [-0.2, 0) is 57.1 Å². The van der Waals surface area contributed by atoms with E-state index in [2.05, 4.69) is 6.58 Å². The summed E-state index contributed by atoms with van der Waals surface area (Å²) < 4.78 is 42.5. The number of Topliss-reactive ketones (excluding diaryl/α,β-unsaturated/α-hetero) is 1. The van der Waals surface area contributed by atoms with Gasteiger partial charge in [0, 0.05) is 51.0 Å². The molecule has 0 N–H and O–H groups in total. The summed E-state index contributed by atoms with van der Waals surface area (Å²) in [6.07, 6.45) is -9.79. The minimum absolute atomic E-state index is 0.0986. The molecule has 3 aliphatic rings. The van der Waals surface area contributed by atoms with Gasteiger partial charge >= 0.3 is 35.8 Å². The first-order valence-corrected chi connectivity index (χ1v) is 18.4. The lowest BCUT2D eigenvalue weighted by atomic mass is 9.69. The summed E-state index contributed by atoms with van der Waals surface area (Å²) in [7, 11) is 0. The van der Waals surface area contributed by atoms with Crippen LogP contribution in [0.15, 0.2) is 72.8 Å². The minimum Gasteiger partial charge on any atom is -0.462 e. The zero-order chi connectivity index (χ0) is 41.3. The second-order valence-corrected chi connectivity index (χ2v) is 15.3. The number of fused-ring (bicyclic) bond motifs is 2. The van der Waals surface area contributed by atoms with Gasteiger partial charge in [-0.05, 0) is 30.2 Å². The van der Waals surface area contributed by atoms with Crippen LogP contribution in [0.2, 0.25) is 0 Å². The average molecular weight is 777 g/mol. The van der Waals surface area contributed by atoms with E-state index in [1.807, 2.05) is 0 Å². The van der Waals surface area contributed by atoms with E-state index >= 15 is 4.79 Å². The van der Waals surface area contributed by atoms with Gasteiger partial charge in [-0.15, -0.1) is 0 Å². The Morgan fingerprint density at radius 2 is 1.18 bits per heavy atom. The second-order valence-electron chi connectivity index (χ2n) is 15.3. The maximum absolute atomic E-state index is 15.0. The van der Waals surface area contributed by atoms with E-state index in [0.29, 0.717) is 0 Å². The molecule has 11 atom stereocenters.